The molecule has 0 radical (unpaired) electrons. The molecule has 3 heteroatoms. The van der Waals surface area contributed by atoms with Gasteiger partial charge in [-0.1, -0.05) is 55.0 Å². The first-order valence-electron chi connectivity index (χ1n) is 8.30. The minimum atomic E-state index is -0.127. The van der Waals surface area contributed by atoms with E-state index in [1.807, 2.05) is 17.9 Å². The lowest BCUT2D eigenvalue weighted by Crippen LogP contribution is -2.35. The second-order valence-corrected chi connectivity index (χ2v) is 6.34. The van der Waals surface area contributed by atoms with Gasteiger partial charge in [0, 0.05) is 19.5 Å². The number of fused-ring (bicyclic) bond motifs is 1. The van der Waals surface area contributed by atoms with Gasteiger partial charge in [-0.15, -0.1) is 0 Å². The van der Waals surface area contributed by atoms with Gasteiger partial charge < -0.3 is 10.6 Å². The highest BCUT2D eigenvalue weighted by atomic mass is 16.2. The smallest absolute Gasteiger partial charge is 0.222 e. The molecular weight excluding hydrogens is 284 g/mol. The first-order valence-corrected chi connectivity index (χ1v) is 8.30. The second-order valence-electron chi connectivity index (χ2n) is 6.34. The van der Waals surface area contributed by atoms with Crippen molar-refractivity contribution >= 4 is 5.91 Å². The molecule has 0 saturated heterocycles. The Labute approximate surface area is 138 Å². The molecule has 1 atom stereocenters. The quantitative estimate of drug-likeness (QED) is 0.945. The van der Waals surface area contributed by atoms with E-state index in [4.69, 9.17) is 5.73 Å². The third kappa shape index (κ3) is 3.30. The van der Waals surface area contributed by atoms with E-state index in [0.717, 1.165) is 24.1 Å². The molecule has 2 aromatic rings. The summed E-state index contributed by atoms with van der Waals surface area (Å²) in [5.74, 6) is 0.226. The van der Waals surface area contributed by atoms with Gasteiger partial charge in [-0.3, -0.25) is 4.79 Å². The van der Waals surface area contributed by atoms with Gasteiger partial charge in [-0.05, 0) is 35.6 Å². The van der Waals surface area contributed by atoms with Gasteiger partial charge >= 0.3 is 0 Å². The SMILES string of the molecule is CCC(=O)N1CCc2ccc(C(N)c3cccc(C)c3)cc2C1. The summed E-state index contributed by atoms with van der Waals surface area (Å²) in [7, 11) is 0. The van der Waals surface area contributed by atoms with Crippen LogP contribution in [-0.2, 0) is 17.8 Å². The topological polar surface area (TPSA) is 46.3 Å². The van der Waals surface area contributed by atoms with Crippen LogP contribution in [0.15, 0.2) is 42.5 Å². The van der Waals surface area contributed by atoms with Crippen LogP contribution in [0.3, 0.4) is 0 Å². The number of nitrogens with zero attached hydrogens (tertiary/aromatic N) is 1. The summed E-state index contributed by atoms with van der Waals surface area (Å²) < 4.78 is 0. The van der Waals surface area contributed by atoms with Crippen LogP contribution in [0.4, 0.5) is 0 Å². The maximum Gasteiger partial charge on any atom is 0.222 e. The molecule has 1 unspecified atom stereocenters. The molecule has 3 nitrogen and oxygen atoms in total. The van der Waals surface area contributed by atoms with Crippen molar-refractivity contribution in [2.75, 3.05) is 6.54 Å². The van der Waals surface area contributed by atoms with Gasteiger partial charge in [0.05, 0.1) is 6.04 Å². The average Bonchev–Trinajstić information content (AvgIpc) is 2.59. The zero-order chi connectivity index (χ0) is 16.4. The van der Waals surface area contributed by atoms with Crippen LogP contribution in [0, 0.1) is 6.92 Å². The Hall–Kier alpha value is -2.13. The van der Waals surface area contributed by atoms with Crippen LogP contribution in [0.25, 0.3) is 0 Å². The van der Waals surface area contributed by atoms with E-state index in [1.54, 1.807) is 0 Å². The molecule has 2 aromatic carbocycles. The van der Waals surface area contributed by atoms with Crippen molar-refractivity contribution in [3.8, 4) is 0 Å². The maximum atomic E-state index is 12.0. The normalized spacial score (nSPS) is 15.2. The Balaban J connectivity index is 1.87. The highest BCUT2D eigenvalue weighted by Gasteiger charge is 2.20. The third-order valence-corrected chi connectivity index (χ3v) is 4.66. The fourth-order valence-corrected chi connectivity index (χ4v) is 3.26. The molecular formula is C20H24N2O. The summed E-state index contributed by atoms with van der Waals surface area (Å²) in [5.41, 5.74) is 12.5. The van der Waals surface area contributed by atoms with Gasteiger partial charge in [0.25, 0.3) is 0 Å². The lowest BCUT2D eigenvalue weighted by Gasteiger charge is -2.29. The Morgan fingerprint density at radius 2 is 1.96 bits per heavy atom. The van der Waals surface area contributed by atoms with E-state index in [9.17, 15) is 4.79 Å². The lowest BCUT2D eigenvalue weighted by atomic mass is 9.92. The minimum Gasteiger partial charge on any atom is -0.338 e. The Morgan fingerprint density at radius 3 is 2.70 bits per heavy atom. The van der Waals surface area contributed by atoms with Gasteiger partial charge in [0.15, 0.2) is 0 Å². The molecule has 1 aliphatic rings. The number of benzene rings is 2. The van der Waals surface area contributed by atoms with Crippen LogP contribution >= 0.6 is 0 Å². The molecule has 1 aliphatic heterocycles. The summed E-state index contributed by atoms with van der Waals surface area (Å²) in [4.78, 5) is 13.9. The van der Waals surface area contributed by atoms with Crippen molar-refractivity contribution in [3.05, 3.63) is 70.3 Å². The zero-order valence-corrected chi connectivity index (χ0v) is 13.9. The largest absolute Gasteiger partial charge is 0.338 e. The van der Waals surface area contributed by atoms with Crippen LogP contribution in [-0.4, -0.2) is 17.4 Å². The van der Waals surface area contributed by atoms with E-state index in [0.29, 0.717) is 13.0 Å². The van der Waals surface area contributed by atoms with Crippen LogP contribution in [0.5, 0.6) is 0 Å². The number of hydrogen-bond acceptors (Lipinski definition) is 2. The highest BCUT2D eigenvalue weighted by molar-refractivity contribution is 5.76. The molecule has 1 amide bonds. The molecule has 0 fully saturated rings. The van der Waals surface area contributed by atoms with E-state index in [1.165, 1.54) is 16.7 Å². The molecule has 120 valence electrons. The first kappa shape index (κ1) is 15.8. The predicted octanol–water partition coefficient (Wildman–Crippen LogP) is 3.34. The number of nitrogens with two attached hydrogens (primary N) is 1. The molecule has 0 aromatic heterocycles. The third-order valence-electron chi connectivity index (χ3n) is 4.66. The molecule has 3 rings (SSSR count). The Bertz CT molecular complexity index is 723. The molecule has 1 heterocycles. The number of rotatable bonds is 3. The summed E-state index contributed by atoms with van der Waals surface area (Å²) in [6, 6.07) is 14.7. The van der Waals surface area contributed by atoms with Crippen molar-refractivity contribution in [1.29, 1.82) is 0 Å². The first-order chi connectivity index (χ1) is 11.1. The number of carbonyl (C=O) groups excluding carboxylic acids is 1. The Kier molecular flexibility index (Phi) is 4.49. The molecule has 0 saturated carbocycles. The van der Waals surface area contributed by atoms with Crippen molar-refractivity contribution in [1.82, 2.24) is 4.90 Å². The van der Waals surface area contributed by atoms with Crippen LogP contribution in [0.2, 0.25) is 0 Å². The monoisotopic (exact) mass is 308 g/mol. The lowest BCUT2D eigenvalue weighted by molar-refractivity contribution is -0.131. The number of aryl methyl sites for hydroxylation is 1. The second kappa shape index (κ2) is 6.55. The predicted molar refractivity (Wildman–Crippen MR) is 93.1 cm³/mol. The molecule has 2 N–H and O–H groups in total. The van der Waals surface area contributed by atoms with E-state index >= 15 is 0 Å². The van der Waals surface area contributed by atoms with E-state index in [2.05, 4.69) is 43.3 Å². The number of hydrogen-bond donors (Lipinski definition) is 1. The van der Waals surface area contributed by atoms with Crippen molar-refractivity contribution in [2.24, 2.45) is 5.73 Å². The average molecular weight is 308 g/mol. The van der Waals surface area contributed by atoms with Gasteiger partial charge in [0.2, 0.25) is 5.91 Å². The summed E-state index contributed by atoms with van der Waals surface area (Å²) >= 11 is 0. The molecule has 23 heavy (non-hydrogen) atoms. The van der Waals surface area contributed by atoms with Gasteiger partial charge in [-0.2, -0.15) is 0 Å². The summed E-state index contributed by atoms with van der Waals surface area (Å²) in [5, 5.41) is 0. The van der Waals surface area contributed by atoms with E-state index < -0.39 is 0 Å². The summed E-state index contributed by atoms with van der Waals surface area (Å²) in [6.45, 7) is 5.53. The molecule has 0 bridgehead atoms. The van der Waals surface area contributed by atoms with Crippen LogP contribution < -0.4 is 5.73 Å². The molecule has 0 spiro atoms. The van der Waals surface area contributed by atoms with Crippen LogP contribution in [0.1, 0.15) is 47.2 Å². The standard InChI is InChI=1S/C20H24N2O/c1-3-19(23)22-10-9-15-7-8-17(12-18(15)13-22)20(21)16-6-4-5-14(2)11-16/h4-8,11-12,20H,3,9-10,13,21H2,1-2H3. The highest BCUT2D eigenvalue weighted by Crippen LogP contribution is 2.26. The minimum absolute atomic E-state index is 0.127. The van der Waals surface area contributed by atoms with Crippen molar-refractivity contribution in [3.63, 3.8) is 0 Å². The van der Waals surface area contributed by atoms with Gasteiger partial charge in [-0.25, -0.2) is 0 Å². The van der Waals surface area contributed by atoms with Crippen molar-refractivity contribution in [2.45, 2.75) is 39.3 Å². The molecule has 0 aliphatic carbocycles. The fraction of sp³-hybridized carbons (Fsp3) is 0.350. The fourth-order valence-electron chi connectivity index (χ4n) is 3.26. The van der Waals surface area contributed by atoms with Gasteiger partial charge in [0.1, 0.15) is 0 Å². The van der Waals surface area contributed by atoms with E-state index in [-0.39, 0.29) is 11.9 Å². The number of amides is 1. The summed E-state index contributed by atoms with van der Waals surface area (Å²) in [6.07, 6.45) is 1.50. The zero-order valence-electron chi connectivity index (χ0n) is 13.9. The maximum absolute atomic E-state index is 12.0. The number of carbonyl (C=O) groups is 1. The Morgan fingerprint density at radius 1 is 1.17 bits per heavy atom. The van der Waals surface area contributed by atoms with Crippen molar-refractivity contribution < 1.29 is 4.79 Å².